The van der Waals surface area contributed by atoms with Gasteiger partial charge in [-0.25, -0.2) is 0 Å². The first-order valence-corrected chi connectivity index (χ1v) is 9.36. The zero-order valence-corrected chi connectivity index (χ0v) is 19.7. The van der Waals surface area contributed by atoms with Crippen LogP contribution in [0.15, 0.2) is 50.6 Å². The molecule has 160 valence electrons. The van der Waals surface area contributed by atoms with Crippen molar-refractivity contribution < 1.29 is 0 Å². The number of allylic oxidation sites excluding steroid dienone is 4. The van der Waals surface area contributed by atoms with Gasteiger partial charge in [0.05, 0.1) is 0 Å². The molecule has 2 N–H and O–H groups in total. The highest BCUT2D eigenvalue weighted by Gasteiger charge is 1.94. The Morgan fingerprint density at radius 3 is 0.654 bits per heavy atom. The highest BCUT2D eigenvalue weighted by atomic mass is 35.5. The normalized spacial score (nSPS) is 13.1. The van der Waals surface area contributed by atoms with Crippen molar-refractivity contribution >= 4 is 24.8 Å². The maximum Gasteiger partial charge on any atom is -0.00489 e. The van der Waals surface area contributed by atoms with E-state index in [2.05, 4.69) is 36.9 Å². The third kappa shape index (κ3) is 90.1. The number of halogens is 2. The van der Waals surface area contributed by atoms with E-state index in [4.69, 9.17) is 0 Å². The number of hydrogen-bond donors (Lipinski definition) is 2. The molecule has 0 saturated carbocycles. The van der Waals surface area contributed by atoms with Crippen molar-refractivity contribution in [3.05, 3.63) is 50.6 Å². The van der Waals surface area contributed by atoms with Crippen LogP contribution in [0.5, 0.6) is 0 Å². The van der Waals surface area contributed by atoms with Crippen LogP contribution in [0.1, 0.15) is 66.2 Å². The van der Waals surface area contributed by atoms with E-state index in [-0.39, 0.29) is 24.8 Å². The van der Waals surface area contributed by atoms with Crippen LogP contribution in [0.3, 0.4) is 0 Å². The number of hydrogen-bond acceptors (Lipinski definition) is 2. The highest BCUT2D eigenvalue weighted by molar-refractivity contribution is 5.85. The molecule has 26 heavy (non-hydrogen) atoms. The molecular formula is C22H48Cl2N2. The Hall–Kier alpha value is -0.540. The van der Waals surface area contributed by atoms with Crippen molar-refractivity contribution in [2.24, 2.45) is 0 Å². The third-order valence-electron chi connectivity index (χ3n) is 2.41. The van der Waals surface area contributed by atoms with Crippen LogP contribution in [-0.2, 0) is 0 Å². The predicted octanol–water partition coefficient (Wildman–Crippen LogP) is 7.13. The average Bonchev–Trinajstić information content (AvgIpc) is 2.61. The van der Waals surface area contributed by atoms with Crippen LogP contribution in [0, 0.1) is 0 Å². The first-order valence-electron chi connectivity index (χ1n) is 9.36. The molecule has 2 fully saturated rings. The molecule has 0 aromatic carbocycles. The molecule has 2 aliphatic rings. The molecule has 0 radical (unpaired) electrons. The molecular weight excluding hydrogens is 363 g/mol. The second kappa shape index (κ2) is 56.3. The van der Waals surface area contributed by atoms with Gasteiger partial charge in [0.15, 0.2) is 0 Å². The largest absolute Gasteiger partial charge is 0.317 e. The summed E-state index contributed by atoms with van der Waals surface area (Å²) in [5, 5.41) is 6.57. The van der Waals surface area contributed by atoms with Gasteiger partial charge in [0, 0.05) is 0 Å². The van der Waals surface area contributed by atoms with Crippen LogP contribution in [0.4, 0.5) is 0 Å². The molecule has 0 unspecified atom stereocenters. The molecule has 0 aromatic heterocycles. The van der Waals surface area contributed by atoms with E-state index < -0.39 is 0 Å². The fourth-order valence-electron chi connectivity index (χ4n) is 1.60. The van der Waals surface area contributed by atoms with Gasteiger partial charge in [0.2, 0.25) is 0 Å². The van der Waals surface area contributed by atoms with Gasteiger partial charge < -0.3 is 10.6 Å². The Morgan fingerprint density at radius 1 is 0.462 bits per heavy atom. The summed E-state index contributed by atoms with van der Waals surface area (Å²) in [6, 6.07) is 0. The van der Waals surface area contributed by atoms with Crippen LogP contribution in [-0.4, -0.2) is 26.2 Å². The smallest absolute Gasteiger partial charge is 0.00489 e. The Kier molecular flexibility index (Phi) is 87.1. The molecule has 2 saturated heterocycles. The predicted molar refractivity (Wildman–Crippen MR) is 131 cm³/mol. The van der Waals surface area contributed by atoms with E-state index >= 15 is 0 Å². The van der Waals surface area contributed by atoms with Gasteiger partial charge >= 0.3 is 0 Å². The second-order valence-corrected chi connectivity index (χ2v) is 5.25. The van der Waals surface area contributed by atoms with Gasteiger partial charge in [-0.3, -0.25) is 0 Å². The number of rotatable bonds is 0. The van der Waals surface area contributed by atoms with E-state index in [0.29, 0.717) is 0 Å². The quantitative estimate of drug-likeness (QED) is 0.414. The molecule has 0 amide bonds. The topological polar surface area (TPSA) is 24.1 Å². The maximum atomic E-state index is 3.36. The summed E-state index contributed by atoms with van der Waals surface area (Å²) in [4.78, 5) is 0. The average molecular weight is 412 g/mol. The Balaban J connectivity index is -0.0000000474. The first kappa shape index (κ1) is 40.2. The Morgan fingerprint density at radius 2 is 0.615 bits per heavy atom. The van der Waals surface area contributed by atoms with Crippen molar-refractivity contribution in [2.45, 2.75) is 66.2 Å². The molecule has 0 bridgehead atoms. The van der Waals surface area contributed by atoms with E-state index in [1.54, 1.807) is 24.3 Å². The van der Waals surface area contributed by atoms with E-state index in [9.17, 15) is 0 Å². The summed E-state index contributed by atoms with van der Waals surface area (Å²) in [6.45, 7) is 26.0. The van der Waals surface area contributed by atoms with Crippen LogP contribution >= 0.6 is 24.8 Å². The number of piperidine rings is 2. The van der Waals surface area contributed by atoms with Crippen molar-refractivity contribution in [1.29, 1.82) is 0 Å². The lowest BCUT2D eigenvalue weighted by molar-refractivity contribution is 0.520. The first-order chi connectivity index (χ1) is 11.7. The zero-order valence-electron chi connectivity index (χ0n) is 18.0. The third-order valence-corrected chi connectivity index (χ3v) is 2.41. The molecule has 4 heteroatoms. The maximum absolute atomic E-state index is 3.36. The summed E-state index contributed by atoms with van der Waals surface area (Å²) in [5.74, 6) is 0. The summed E-state index contributed by atoms with van der Waals surface area (Å²) in [7, 11) is 0. The monoisotopic (exact) mass is 410 g/mol. The summed E-state index contributed by atoms with van der Waals surface area (Å²) < 4.78 is 0. The van der Waals surface area contributed by atoms with E-state index in [1.165, 1.54) is 64.7 Å². The lowest BCUT2D eigenvalue weighted by Crippen LogP contribution is -2.21. The zero-order chi connectivity index (χ0) is 19.3. The van der Waals surface area contributed by atoms with Crippen LogP contribution in [0.2, 0.25) is 0 Å². The molecule has 2 nitrogen and oxygen atoms in total. The van der Waals surface area contributed by atoms with E-state index in [0.717, 1.165) is 0 Å². The Bertz CT molecular complexity index is 165. The Labute approximate surface area is 178 Å². The number of nitrogens with one attached hydrogen (secondary N) is 2. The van der Waals surface area contributed by atoms with Crippen molar-refractivity contribution in [1.82, 2.24) is 10.6 Å². The summed E-state index contributed by atoms with van der Waals surface area (Å²) in [5.41, 5.74) is 0. The molecule has 2 rings (SSSR count). The fourth-order valence-corrected chi connectivity index (χ4v) is 1.60. The van der Waals surface area contributed by atoms with E-state index in [1.807, 2.05) is 27.7 Å². The summed E-state index contributed by atoms with van der Waals surface area (Å²) in [6.07, 6.45) is 15.4. The lowest BCUT2D eigenvalue weighted by atomic mass is 10.2. The van der Waals surface area contributed by atoms with Gasteiger partial charge in [0.1, 0.15) is 0 Å². The van der Waals surface area contributed by atoms with Gasteiger partial charge in [0.25, 0.3) is 0 Å². The molecule has 2 aliphatic heterocycles. The van der Waals surface area contributed by atoms with Crippen molar-refractivity contribution in [3.8, 4) is 0 Å². The van der Waals surface area contributed by atoms with Gasteiger partial charge in [-0.15, -0.1) is 51.1 Å². The highest BCUT2D eigenvalue weighted by Crippen LogP contribution is 1.97. The summed E-state index contributed by atoms with van der Waals surface area (Å²) >= 11 is 0. The van der Waals surface area contributed by atoms with Gasteiger partial charge in [-0.1, -0.05) is 37.1 Å². The standard InChI is InChI=1S/2C5H11N.4C3H6.2ClH/c2*1-2-4-6-5-3-1;4*1-3-2;;/h2*6H,1-5H2;4*3H,1H2,2H3;2*1H. The molecule has 0 aromatic rings. The minimum absolute atomic E-state index is 0. The second-order valence-electron chi connectivity index (χ2n) is 5.25. The molecule has 0 aliphatic carbocycles. The molecule has 2 heterocycles. The van der Waals surface area contributed by atoms with Crippen molar-refractivity contribution in [2.75, 3.05) is 26.2 Å². The molecule has 0 spiro atoms. The van der Waals surface area contributed by atoms with Gasteiger partial charge in [-0.05, 0) is 79.6 Å². The van der Waals surface area contributed by atoms with Gasteiger partial charge in [-0.2, -0.15) is 0 Å². The molecule has 0 atom stereocenters. The van der Waals surface area contributed by atoms with Crippen LogP contribution < -0.4 is 10.6 Å². The fraction of sp³-hybridized carbons (Fsp3) is 0.636. The van der Waals surface area contributed by atoms with Crippen molar-refractivity contribution in [3.63, 3.8) is 0 Å². The minimum atomic E-state index is 0. The lowest BCUT2D eigenvalue weighted by Gasteiger charge is -2.08. The van der Waals surface area contributed by atoms with Crippen LogP contribution in [0.25, 0.3) is 0 Å². The SMILES string of the molecule is C1CCNCC1.C1CCNCC1.C=CC.C=CC.C=CC.C=CC.Cl.Cl. The minimum Gasteiger partial charge on any atom is -0.317 e.